The number of phenolic OH excluding ortho intramolecular Hbond substituents is 1. The lowest BCUT2D eigenvalue weighted by molar-refractivity contribution is -0.142. The van der Waals surface area contributed by atoms with Gasteiger partial charge in [0.25, 0.3) is 0 Å². The molecule has 3 rings (SSSR count). The molecule has 0 saturated heterocycles. The summed E-state index contributed by atoms with van der Waals surface area (Å²) < 4.78 is 0. The summed E-state index contributed by atoms with van der Waals surface area (Å²) in [7, 11) is 0. The minimum Gasteiger partial charge on any atom is -0.508 e. The summed E-state index contributed by atoms with van der Waals surface area (Å²) in [6.45, 7) is 3.59. The van der Waals surface area contributed by atoms with Crippen molar-refractivity contribution in [3.05, 3.63) is 66.3 Å². The van der Waals surface area contributed by atoms with Crippen LogP contribution in [0, 0.1) is 5.92 Å². The molecule has 3 aromatic rings. The number of carbonyl (C=O) groups excluding carboxylic acids is 3. The van der Waals surface area contributed by atoms with E-state index in [1.807, 2.05) is 6.92 Å². The Morgan fingerprint density at radius 2 is 1.41 bits per heavy atom. The number of carbonyl (C=O) groups is 4. The summed E-state index contributed by atoms with van der Waals surface area (Å²) >= 11 is 0. The molecule has 14 heteroatoms. The maximum absolute atomic E-state index is 13.5. The molecule has 5 unspecified atom stereocenters. The number of rotatable bonds is 15. The first kappa shape index (κ1) is 30.8. The van der Waals surface area contributed by atoms with Crippen molar-refractivity contribution in [1.82, 2.24) is 35.9 Å². The molecule has 220 valence electrons. The summed E-state index contributed by atoms with van der Waals surface area (Å²) in [4.78, 5) is 65.1. The zero-order valence-electron chi connectivity index (χ0n) is 22.8. The van der Waals surface area contributed by atoms with E-state index in [0.29, 0.717) is 17.8 Å². The number of aliphatic carboxylic acids is 1. The molecule has 9 N–H and O–H groups in total. The van der Waals surface area contributed by atoms with Crippen LogP contribution in [0.5, 0.6) is 5.75 Å². The van der Waals surface area contributed by atoms with E-state index in [2.05, 4.69) is 35.9 Å². The molecule has 1 aromatic carbocycles. The minimum absolute atomic E-state index is 0.0281. The Kier molecular flexibility index (Phi) is 11.0. The van der Waals surface area contributed by atoms with E-state index < -0.39 is 47.9 Å². The summed E-state index contributed by atoms with van der Waals surface area (Å²) in [6.07, 6.45) is 6.49. The molecular formula is C27H36N8O6. The lowest BCUT2D eigenvalue weighted by Gasteiger charge is -2.28. The van der Waals surface area contributed by atoms with E-state index in [9.17, 15) is 29.4 Å². The monoisotopic (exact) mass is 568 g/mol. The number of aromatic hydroxyl groups is 1. The quantitative estimate of drug-likeness (QED) is 0.121. The van der Waals surface area contributed by atoms with Gasteiger partial charge in [0.2, 0.25) is 17.7 Å². The standard InChI is InChI=1S/C27H36N8O6/c1-3-15(2)23(26(39)34-22(27(40)41)10-18-12-30-14-32-18)35-25(38)21(9-17-11-29-13-31-17)33-24(37)20(28)8-16-4-6-19(36)7-5-16/h4-7,11-15,20-23,36H,3,8-10,28H2,1-2H3,(H,29,31)(H,30,32)(H,33,37)(H,34,39)(H,35,38)(H,40,41). The number of nitrogens with one attached hydrogen (secondary N) is 5. The minimum atomic E-state index is -1.26. The van der Waals surface area contributed by atoms with E-state index in [4.69, 9.17) is 5.73 Å². The molecule has 41 heavy (non-hydrogen) atoms. The van der Waals surface area contributed by atoms with Crippen molar-refractivity contribution in [2.24, 2.45) is 11.7 Å². The molecule has 2 aromatic heterocycles. The summed E-state index contributed by atoms with van der Waals surface area (Å²) in [6, 6.07) is 1.80. The number of carboxylic acid groups (broad SMARTS) is 1. The summed E-state index contributed by atoms with van der Waals surface area (Å²) in [5.41, 5.74) is 7.92. The maximum Gasteiger partial charge on any atom is 0.326 e. The van der Waals surface area contributed by atoms with Crippen LogP contribution in [0.3, 0.4) is 0 Å². The van der Waals surface area contributed by atoms with Crippen LogP contribution in [-0.2, 0) is 38.4 Å². The topological polar surface area (TPSA) is 228 Å². The van der Waals surface area contributed by atoms with Gasteiger partial charge in [0, 0.05) is 36.6 Å². The van der Waals surface area contributed by atoms with Gasteiger partial charge in [0.05, 0.1) is 18.7 Å². The van der Waals surface area contributed by atoms with Crippen LogP contribution in [0.2, 0.25) is 0 Å². The number of carboxylic acids is 1. The highest BCUT2D eigenvalue weighted by Crippen LogP contribution is 2.13. The number of benzene rings is 1. The van der Waals surface area contributed by atoms with Gasteiger partial charge in [0.1, 0.15) is 23.9 Å². The van der Waals surface area contributed by atoms with Crippen molar-refractivity contribution in [3.8, 4) is 5.75 Å². The lowest BCUT2D eigenvalue weighted by Crippen LogP contribution is -2.59. The molecule has 5 atom stereocenters. The summed E-state index contributed by atoms with van der Waals surface area (Å²) in [5.74, 6) is -3.43. The van der Waals surface area contributed by atoms with Crippen LogP contribution in [0.15, 0.2) is 49.3 Å². The Morgan fingerprint density at radius 3 is 1.93 bits per heavy atom. The second kappa shape index (κ2) is 14.6. The number of H-pyrrole nitrogens is 2. The molecule has 0 radical (unpaired) electrons. The number of aromatic amines is 2. The van der Waals surface area contributed by atoms with Crippen LogP contribution in [0.25, 0.3) is 0 Å². The van der Waals surface area contributed by atoms with Gasteiger partial charge in [-0.2, -0.15) is 0 Å². The first-order chi connectivity index (χ1) is 19.6. The highest BCUT2D eigenvalue weighted by atomic mass is 16.4. The van der Waals surface area contributed by atoms with Crippen molar-refractivity contribution in [2.75, 3.05) is 0 Å². The van der Waals surface area contributed by atoms with Gasteiger partial charge in [-0.15, -0.1) is 0 Å². The normalized spacial score (nSPS) is 14.7. The van der Waals surface area contributed by atoms with Crippen LogP contribution in [-0.4, -0.2) is 78.0 Å². The zero-order valence-corrected chi connectivity index (χ0v) is 22.8. The van der Waals surface area contributed by atoms with Gasteiger partial charge in [-0.3, -0.25) is 14.4 Å². The predicted octanol–water partition coefficient (Wildman–Crippen LogP) is -0.221. The zero-order chi connectivity index (χ0) is 29.9. The third-order valence-corrected chi connectivity index (χ3v) is 6.73. The molecule has 0 spiro atoms. The number of aromatic nitrogens is 4. The van der Waals surface area contributed by atoms with Gasteiger partial charge in [0.15, 0.2) is 0 Å². The van der Waals surface area contributed by atoms with Gasteiger partial charge in [-0.1, -0.05) is 32.4 Å². The molecule has 0 saturated carbocycles. The Labute approximate surface area is 236 Å². The highest BCUT2D eigenvalue weighted by molar-refractivity contribution is 5.94. The Balaban J connectivity index is 1.73. The first-order valence-corrected chi connectivity index (χ1v) is 13.2. The highest BCUT2D eigenvalue weighted by Gasteiger charge is 2.33. The summed E-state index contributed by atoms with van der Waals surface area (Å²) in [5, 5.41) is 27.0. The SMILES string of the molecule is CCC(C)C(NC(=O)C(Cc1cnc[nH]1)NC(=O)C(N)Cc1ccc(O)cc1)C(=O)NC(Cc1cnc[nH]1)C(=O)O. The van der Waals surface area contributed by atoms with Crippen molar-refractivity contribution >= 4 is 23.7 Å². The smallest absolute Gasteiger partial charge is 0.326 e. The number of nitrogens with two attached hydrogens (primary N) is 1. The van der Waals surface area contributed by atoms with Crippen molar-refractivity contribution in [3.63, 3.8) is 0 Å². The number of imidazole rings is 2. The van der Waals surface area contributed by atoms with Crippen LogP contribution in [0.1, 0.15) is 37.2 Å². The molecule has 0 bridgehead atoms. The van der Waals surface area contributed by atoms with Gasteiger partial charge in [-0.05, 0) is 30.0 Å². The molecule has 2 heterocycles. The first-order valence-electron chi connectivity index (χ1n) is 13.2. The van der Waals surface area contributed by atoms with Crippen molar-refractivity contribution < 1.29 is 29.4 Å². The molecule has 3 amide bonds. The fraction of sp³-hybridized carbons (Fsp3) is 0.407. The largest absolute Gasteiger partial charge is 0.508 e. The molecular weight excluding hydrogens is 532 g/mol. The Hall–Kier alpha value is -4.72. The van der Waals surface area contributed by atoms with Crippen LogP contribution in [0.4, 0.5) is 0 Å². The van der Waals surface area contributed by atoms with Crippen molar-refractivity contribution in [2.45, 2.75) is 63.7 Å². The second-order valence-corrected chi connectivity index (χ2v) is 9.87. The van der Waals surface area contributed by atoms with Crippen LogP contribution < -0.4 is 21.7 Å². The second-order valence-electron chi connectivity index (χ2n) is 9.87. The third kappa shape index (κ3) is 9.17. The number of hydrogen-bond donors (Lipinski definition) is 8. The average Bonchev–Trinajstić information content (AvgIpc) is 3.66. The van der Waals surface area contributed by atoms with Gasteiger partial charge < -0.3 is 41.9 Å². The van der Waals surface area contributed by atoms with E-state index in [1.165, 1.54) is 37.2 Å². The average molecular weight is 569 g/mol. The van der Waals surface area contributed by atoms with Gasteiger partial charge >= 0.3 is 5.97 Å². The van der Waals surface area contributed by atoms with Gasteiger partial charge in [-0.25, -0.2) is 14.8 Å². The number of hydrogen-bond acceptors (Lipinski definition) is 8. The van der Waals surface area contributed by atoms with E-state index in [1.54, 1.807) is 19.1 Å². The molecule has 0 fully saturated rings. The van der Waals surface area contributed by atoms with E-state index in [-0.39, 0.29) is 30.9 Å². The molecule has 14 nitrogen and oxygen atoms in total. The van der Waals surface area contributed by atoms with Crippen LogP contribution >= 0.6 is 0 Å². The fourth-order valence-electron chi connectivity index (χ4n) is 4.12. The number of phenols is 1. The Morgan fingerprint density at radius 1 is 0.854 bits per heavy atom. The third-order valence-electron chi connectivity index (χ3n) is 6.73. The van der Waals surface area contributed by atoms with Crippen molar-refractivity contribution in [1.29, 1.82) is 0 Å². The fourth-order valence-corrected chi connectivity index (χ4v) is 4.12. The Bertz CT molecular complexity index is 1280. The number of amides is 3. The predicted molar refractivity (Wildman–Crippen MR) is 147 cm³/mol. The van der Waals surface area contributed by atoms with E-state index in [0.717, 1.165) is 5.56 Å². The maximum atomic E-state index is 13.5. The lowest BCUT2D eigenvalue weighted by atomic mass is 9.96. The molecule has 0 aliphatic rings. The number of nitrogens with zero attached hydrogens (tertiary/aromatic N) is 2. The molecule has 0 aliphatic carbocycles. The van der Waals surface area contributed by atoms with E-state index >= 15 is 0 Å². The molecule has 0 aliphatic heterocycles.